The number of halogens is 1. The Morgan fingerprint density at radius 2 is 2.00 bits per heavy atom. The highest BCUT2D eigenvalue weighted by atomic mass is 79.9. The second-order valence-corrected chi connectivity index (χ2v) is 4.97. The summed E-state index contributed by atoms with van der Waals surface area (Å²) >= 11 is 3.82. The molecule has 1 aromatic rings. The van der Waals surface area contributed by atoms with Crippen LogP contribution in [0.15, 0.2) is 24.3 Å². The van der Waals surface area contributed by atoms with Crippen LogP contribution in [-0.2, 0) is 4.32 Å². The third-order valence-corrected chi connectivity index (χ3v) is 3.81. The summed E-state index contributed by atoms with van der Waals surface area (Å²) in [5.41, 5.74) is 1.32. The fraction of sp³-hybridized carbons (Fsp3) is 0.455. The molecule has 0 amide bonds. The molecule has 1 fully saturated rings. The fourth-order valence-electron chi connectivity index (χ4n) is 1.88. The molecule has 0 spiro atoms. The van der Waals surface area contributed by atoms with Crippen LogP contribution < -0.4 is 0 Å². The van der Waals surface area contributed by atoms with E-state index in [1.54, 1.807) is 0 Å². The van der Waals surface area contributed by atoms with E-state index in [9.17, 15) is 0 Å². The first-order chi connectivity index (χ1) is 5.81. The summed E-state index contributed by atoms with van der Waals surface area (Å²) in [5, 5.41) is 0. The summed E-state index contributed by atoms with van der Waals surface area (Å²) in [6, 6.07) is 11.6. The molecule has 0 saturated heterocycles. The summed E-state index contributed by atoms with van der Waals surface area (Å²) in [7, 11) is 0. The Kier molecular flexibility index (Phi) is 2.22. The van der Waals surface area contributed by atoms with Crippen molar-refractivity contribution in [3.8, 4) is 0 Å². The van der Waals surface area contributed by atoms with E-state index >= 15 is 0 Å². The topological polar surface area (TPSA) is 0 Å². The highest BCUT2D eigenvalue weighted by Gasteiger charge is 2.32. The van der Waals surface area contributed by atoms with Crippen LogP contribution >= 0.6 is 15.9 Å². The number of hydrogen-bond donors (Lipinski definition) is 0. The van der Waals surface area contributed by atoms with Gasteiger partial charge in [0.15, 0.2) is 0 Å². The van der Waals surface area contributed by atoms with Crippen molar-refractivity contribution in [2.24, 2.45) is 0 Å². The van der Waals surface area contributed by atoms with Crippen molar-refractivity contribution in [2.75, 3.05) is 0 Å². The van der Waals surface area contributed by atoms with Crippen LogP contribution in [0, 0.1) is 6.07 Å². The minimum atomic E-state index is 0.244. The van der Waals surface area contributed by atoms with E-state index in [1.807, 2.05) is 12.1 Å². The number of hydrogen-bond acceptors (Lipinski definition) is 0. The van der Waals surface area contributed by atoms with Crippen LogP contribution in [0.25, 0.3) is 0 Å². The summed E-state index contributed by atoms with van der Waals surface area (Å²) in [6.07, 6.45) is 5.20. The van der Waals surface area contributed by atoms with Gasteiger partial charge in [-0.15, -0.1) is 0 Å². The Labute approximate surface area is 82.1 Å². The fourth-order valence-corrected chi connectivity index (χ4v) is 2.68. The molecular weight excluding hydrogens is 212 g/mol. The smallest absolute Gasteiger partial charge is 0.0512 e. The quantitative estimate of drug-likeness (QED) is 0.638. The van der Waals surface area contributed by atoms with Crippen molar-refractivity contribution < 1.29 is 0 Å². The highest BCUT2D eigenvalue weighted by Crippen LogP contribution is 2.45. The number of rotatable bonds is 1. The molecular formula is C11H12Br. The van der Waals surface area contributed by atoms with Crippen molar-refractivity contribution >= 4 is 15.9 Å². The lowest BCUT2D eigenvalue weighted by atomic mass is 9.98. The second kappa shape index (κ2) is 3.21. The third kappa shape index (κ3) is 1.42. The first-order valence-corrected chi connectivity index (χ1v) is 5.27. The summed E-state index contributed by atoms with van der Waals surface area (Å²) in [4.78, 5) is 0. The van der Waals surface area contributed by atoms with Crippen LogP contribution in [0.2, 0.25) is 0 Å². The van der Waals surface area contributed by atoms with Crippen LogP contribution in [0.5, 0.6) is 0 Å². The minimum absolute atomic E-state index is 0.244. The lowest BCUT2D eigenvalue weighted by Crippen LogP contribution is -2.11. The SMILES string of the molecule is BrC1(c2[c]cccc2)CCCC1. The zero-order chi connectivity index (χ0) is 8.44. The predicted octanol–water partition coefficient (Wildman–Crippen LogP) is 3.65. The summed E-state index contributed by atoms with van der Waals surface area (Å²) in [5.74, 6) is 0. The first kappa shape index (κ1) is 8.31. The van der Waals surface area contributed by atoms with E-state index in [0.29, 0.717) is 0 Å². The largest absolute Gasteiger partial charge is 0.0801 e. The van der Waals surface area contributed by atoms with Gasteiger partial charge in [-0.1, -0.05) is 53.0 Å². The van der Waals surface area contributed by atoms with Gasteiger partial charge in [0, 0.05) is 0 Å². The van der Waals surface area contributed by atoms with Crippen molar-refractivity contribution in [1.29, 1.82) is 0 Å². The Bertz CT molecular complexity index is 247. The van der Waals surface area contributed by atoms with E-state index in [1.165, 1.54) is 31.2 Å². The number of alkyl halides is 1. The Balaban J connectivity index is 2.29. The molecule has 0 nitrogen and oxygen atoms in total. The molecule has 1 radical (unpaired) electrons. The molecule has 1 saturated carbocycles. The van der Waals surface area contributed by atoms with Crippen LogP contribution in [0.1, 0.15) is 31.2 Å². The van der Waals surface area contributed by atoms with Gasteiger partial charge in [0.25, 0.3) is 0 Å². The molecule has 0 aliphatic heterocycles. The molecule has 1 aliphatic rings. The average molecular weight is 224 g/mol. The van der Waals surface area contributed by atoms with Gasteiger partial charge in [0.05, 0.1) is 4.32 Å². The molecule has 0 bridgehead atoms. The van der Waals surface area contributed by atoms with Crippen LogP contribution in [0.4, 0.5) is 0 Å². The van der Waals surface area contributed by atoms with E-state index in [2.05, 4.69) is 34.1 Å². The summed E-state index contributed by atoms with van der Waals surface area (Å²) < 4.78 is 0.244. The molecule has 2 rings (SSSR count). The van der Waals surface area contributed by atoms with Crippen molar-refractivity contribution in [3.05, 3.63) is 35.9 Å². The average Bonchev–Trinajstić information content (AvgIpc) is 2.55. The van der Waals surface area contributed by atoms with Crippen molar-refractivity contribution in [2.45, 2.75) is 30.0 Å². The van der Waals surface area contributed by atoms with Crippen LogP contribution in [-0.4, -0.2) is 0 Å². The molecule has 1 aromatic carbocycles. The van der Waals surface area contributed by atoms with Gasteiger partial charge < -0.3 is 0 Å². The van der Waals surface area contributed by atoms with Gasteiger partial charge in [-0.3, -0.25) is 0 Å². The maximum Gasteiger partial charge on any atom is 0.0512 e. The molecule has 1 heteroatoms. The summed E-state index contributed by atoms with van der Waals surface area (Å²) in [6.45, 7) is 0. The zero-order valence-electron chi connectivity index (χ0n) is 7.02. The zero-order valence-corrected chi connectivity index (χ0v) is 8.60. The van der Waals surface area contributed by atoms with Crippen molar-refractivity contribution in [3.63, 3.8) is 0 Å². The predicted molar refractivity (Wildman–Crippen MR) is 54.4 cm³/mol. The van der Waals surface area contributed by atoms with Gasteiger partial charge in [-0.05, 0) is 24.5 Å². The highest BCUT2D eigenvalue weighted by molar-refractivity contribution is 9.09. The molecule has 63 valence electrons. The minimum Gasteiger partial charge on any atom is -0.0801 e. The monoisotopic (exact) mass is 223 g/mol. The van der Waals surface area contributed by atoms with E-state index < -0.39 is 0 Å². The van der Waals surface area contributed by atoms with Crippen LogP contribution in [0.3, 0.4) is 0 Å². The van der Waals surface area contributed by atoms with Gasteiger partial charge >= 0.3 is 0 Å². The molecule has 0 atom stereocenters. The standard InChI is InChI=1S/C11H12Br/c12-11(8-4-5-9-11)10-6-2-1-3-7-10/h1-3,6H,4-5,8-9H2. The molecule has 0 N–H and O–H groups in total. The maximum atomic E-state index is 3.82. The number of benzene rings is 1. The first-order valence-electron chi connectivity index (χ1n) is 4.47. The molecule has 12 heavy (non-hydrogen) atoms. The van der Waals surface area contributed by atoms with Crippen molar-refractivity contribution in [1.82, 2.24) is 0 Å². The van der Waals surface area contributed by atoms with Gasteiger partial charge in [-0.2, -0.15) is 0 Å². The van der Waals surface area contributed by atoms with E-state index in [0.717, 1.165) is 0 Å². The Hall–Kier alpha value is -0.300. The molecule has 0 unspecified atom stereocenters. The van der Waals surface area contributed by atoms with Gasteiger partial charge in [0.1, 0.15) is 0 Å². The van der Waals surface area contributed by atoms with Gasteiger partial charge in [-0.25, -0.2) is 0 Å². The molecule has 0 heterocycles. The lowest BCUT2D eigenvalue weighted by Gasteiger charge is -2.20. The van der Waals surface area contributed by atoms with E-state index in [4.69, 9.17) is 0 Å². The van der Waals surface area contributed by atoms with Gasteiger partial charge in [0.2, 0.25) is 0 Å². The Morgan fingerprint density at radius 1 is 1.25 bits per heavy atom. The Morgan fingerprint density at radius 3 is 2.58 bits per heavy atom. The normalized spacial score (nSPS) is 21.1. The maximum absolute atomic E-state index is 3.82. The second-order valence-electron chi connectivity index (χ2n) is 3.45. The molecule has 0 aromatic heterocycles. The van der Waals surface area contributed by atoms with E-state index in [-0.39, 0.29) is 4.32 Å². The molecule has 1 aliphatic carbocycles. The third-order valence-electron chi connectivity index (χ3n) is 2.59. The lowest BCUT2D eigenvalue weighted by molar-refractivity contribution is 0.668.